The quantitative estimate of drug-likeness (QED) is 0.806. The molecular formula is C15H19N3. The molecule has 0 aliphatic heterocycles. The standard InChI is InChI=1S/C15H19N3/c1-9-3-5-11(6-4-9)12-7-13(16)15-10(2)17-18-14(15)8-12/h3-6,12-13H,7-8,16H2,1-2H3,(H,17,18). The molecule has 18 heavy (non-hydrogen) atoms. The van der Waals surface area contributed by atoms with Gasteiger partial charge >= 0.3 is 0 Å². The first-order chi connectivity index (χ1) is 8.65. The summed E-state index contributed by atoms with van der Waals surface area (Å²) in [6.07, 6.45) is 2.01. The second-order valence-electron chi connectivity index (χ2n) is 5.36. The number of aromatic amines is 1. The zero-order valence-corrected chi connectivity index (χ0v) is 10.9. The highest BCUT2D eigenvalue weighted by Crippen LogP contribution is 2.37. The minimum Gasteiger partial charge on any atom is -0.324 e. The third-order valence-electron chi connectivity index (χ3n) is 3.97. The maximum Gasteiger partial charge on any atom is 0.0678 e. The molecule has 1 aromatic heterocycles. The lowest BCUT2D eigenvalue weighted by atomic mass is 9.80. The molecule has 0 amide bonds. The molecule has 0 bridgehead atoms. The highest BCUT2D eigenvalue weighted by atomic mass is 15.1. The van der Waals surface area contributed by atoms with E-state index in [0.717, 1.165) is 24.2 Å². The van der Waals surface area contributed by atoms with Crippen molar-refractivity contribution in [2.75, 3.05) is 0 Å². The molecule has 0 saturated carbocycles. The van der Waals surface area contributed by atoms with Crippen LogP contribution in [0.4, 0.5) is 0 Å². The Hall–Kier alpha value is -1.61. The number of nitrogens with two attached hydrogens (primary N) is 1. The van der Waals surface area contributed by atoms with Gasteiger partial charge in [-0.15, -0.1) is 0 Å². The zero-order chi connectivity index (χ0) is 12.7. The average Bonchev–Trinajstić information content (AvgIpc) is 2.72. The number of rotatable bonds is 1. The monoisotopic (exact) mass is 241 g/mol. The van der Waals surface area contributed by atoms with E-state index in [0.29, 0.717) is 5.92 Å². The van der Waals surface area contributed by atoms with Crippen LogP contribution in [0.25, 0.3) is 0 Å². The third-order valence-corrected chi connectivity index (χ3v) is 3.97. The summed E-state index contributed by atoms with van der Waals surface area (Å²) in [4.78, 5) is 0. The molecule has 2 aromatic rings. The second kappa shape index (κ2) is 4.25. The van der Waals surface area contributed by atoms with E-state index in [2.05, 4.69) is 48.3 Å². The van der Waals surface area contributed by atoms with Gasteiger partial charge < -0.3 is 5.73 Å². The van der Waals surface area contributed by atoms with Gasteiger partial charge in [0.1, 0.15) is 0 Å². The van der Waals surface area contributed by atoms with Crippen molar-refractivity contribution in [2.45, 2.75) is 38.6 Å². The molecule has 2 atom stereocenters. The Balaban J connectivity index is 1.92. The van der Waals surface area contributed by atoms with Gasteiger partial charge in [0.05, 0.1) is 5.69 Å². The molecule has 2 unspecified atom stereocenters. The molecular weight excluding hydrogens is 222 g/mol. The average molecular weight is 241 g/mol. The first-order valence-corrected chi connectivity index (χ1v) is 6.51. The molecule has 3 rings (SSSR count). The molecule has 1 heterocycles. The van der Waals surface area contributed by atoms with Crippen molar-refractivity contribution < 1.29 is 0 Å². The minimum absolute atomic E-state index is 0.110. The van der Waals surface area contributed by atoms with Crippen molar-refractivity contribution in [1.29, 1.82) is 0 Å². The molecule has 0 saturated heterocycles. The summed E-state index contributed by atoms with van der Waals surface area (Å²) in [5.74, 6) is 0.496. The van der Waals surface area contributed by atoms with Crippen LogP contribution >= 0.6 is 0 Å². The number of hydrogen-bond acceptors (Lipinski definition) is 2. The van der Waals surface area contributed by atoms with Crippen LogP contribution in [-0.4, -0.2) is 10.2 Å². The Morgan fingerprint density at radius 2 is 1.94 bits per heavy atom. The molecule has 0 fully saturated rings. The smallest absolute Gasteiger partial charge is 0.0678 e. The number of nitrogens with one attached hydrogen (secondary N) is 1. The van der Waals surface area contributed by atoms with Crippen LogP contribution in [0.3, 0.4) is 0 Å². The summed E-state index contributed by atoms with van der Waals surface area (Å²) in [5, 5.41) is 7.46. The van der Waals surface area contributed by atoms with Gasteiger partial charge in [-0.2, -0.15) is 5.10 Å². The number of fused-ring (bicyclic) bond motifs is 1. The SMILES string of the molecule is Cc1ccc(C2Cc3n[nH]c(C)c3C(N)C2)cc1. The van der Waals surface area contributed by atoms with Crippen LogP contribution in [0.1, 0.15) is 46.5 Å². The molecule has 3 N–H and O–H groups in total. The van der Waals surface area contributed by atoms with Crippen LogP contribution in [-0.2, 0) is 6.42 Å². The Labute approximate surface area is 107 Å². The first-order valence-electron chi connectivity index (χ1n) is 6.51. The van der Waals surface area contributed by atoms with Crippen molar-refractivity contribution in [1.82, 2.24) is 10.2 Å². The van der Waals surface area contributed by atoms with Crippen LogP contribution in [0.15, 0.2) is 24.3 Å². The normalized spacial score (nSPS) is 22.8. The van der Waals surface area contributed by atoms with Gasteiger partial charge in [0.25, 0.3) is 0 Å². The predicted octanol–water partition coefficient (Wildman–Crippen LogP) is 2.76. The van der Waals surface area contributed by atoms with E-state index in [1.54, 1.807) is 0 Å². The molecule has 1 aliphatic rings. The molecule has 1 aliphatic carbocycles. The highest BCUT2D eigenvalue weighted by Gasteiger charge is 2.29. The Morgan fingerprint density at radius 1 is 1.22 bits per heavy atom. The number of nitrogens with zero attached hydrogens (tertiary/aromatic N) is 1. The Bertz CT molecular complexity index is 554. The molecule has 1 aromatic carbocycles. The number of aryl methyl sites for hydroxylation is 2. The van der Waals surface area contributed by atoms with Gasteiger partial charge in [0.15, 0.2) is 0 Å². The minimum atomic E-state index is 0.110. The lowest BCUT2D eigenvalue weighted by molar-refractivity contribution is 0.498. The zero-order valence-electron chi connectivity index (χ0n) is 10.9. The van der Waals surface area contributed by atoms with Crippen molar-refractivity contribution in [3.8, 4) is 0 Å². The van der Waals surface area contributed by atoms with Crippen LogP contribution in [0.2, 0.25) is 0 Å². The number of hydrogen-bond donors (Lipinski definition) is 2. The van der Waals surface area contributed by atoms with E-state index in [9.17, 15) is 0 Å². The van der Waals surface area contributed by atoms with Gasteiger partial charge in [-0.1, -0.05) is 29.8 Å². The predicted molar refractivity (Wildman–Crippen MR) is 72.5 cm³/mol. The Morgan fingerprint density at radius 3 is 2.67 bits per heavy atom. The topological polar surface area (TPSA) is 54.7 Å². The van der Waals surface area contributed by atoms with E-state index in [1.807, 2.05) is 0 Å². The number of benzene rings is 1. The molecule has 3 heteroatoms. The lowest BCUT2D eigenvalue weighted by Gasteiger charge is -2.27. The van der Waals surface area contributed by atoms with Crippen LogP contribution in [0, 0.1) is 13.8 Å². The van der Waals surface area contributed by atoms with Gasteiger partial charge in [0.2, 0.25) is 0 Å². The van der Waals surface area contributed by atoms with E-state index in [1.165, 1.54) is 16.7 Å². The highest BCUT2D eigenvalue weighted by molar-refractivity contribution is 5.35. The maximum atomic E-state index is 6.29. The summed E-state index contributed by atoms with van der Waals surface area (Å²) in [6, 6.07) is 8.89. The van der Waals surface area contributed by atoms with E-state index in [4.69, 9.17) is 5.73 Å². The number of aromatic nitrogens is 2. The molecule has 3 nitrogen and oxygen atoms in total. The van der Waals surface area contributed by atoms with Gasteiger partial charge in [-0.05, 0) is 38.2 Å². The van der Waals surface area contributed by atoms with E-state index >= 15 is 0 Å². The summed E-state index contributed by atoms with van der Waals surface area (Å²) < 4.78 is 0. The summed E-state index contributed by atoms with van der Waals surface area (Å²) in [7, 11) is 0. The third kappa shape index (κ3) is 1.85. The molecule has 0 radical (unpaired) electrons. The fraction of sp³-hybridized carbons (Fsp3) is 0.400. The van der Waals surface area contributed by atoms with Crippen molar-refractivity contribution in [3.63, 3.8) is 0 Å². The largest absolute Gasteiger partial charge is 0.324 e. The fourth-order valence-electron chi connectivity index (χ4n) is 2.97. The van der Waals surface area contributed by atoms with E-state index in [-0.39, 0.29) is 6.04 Å². The van der Waals surface area contributed by atoms with Gasteiger partial charge in [-0.3, -0.25) is 5.10 Å². The van der Waals surface area contributed by atoms with Crippen LogP contribution in [0.5, 0.6) is 0 Å². The summed E-state index contributed by atoms with van der Waals surface area (Å²) in [5.41, 5.74) is 12.5. The molecule has 0 spiro atoms. The van der Waals surface area contributed by atoms with Gasteiger partial charge in [0, 0.05) is 17.3 Å². The van der Waals surface area contributed by atoms with Crippen LogP contribution < -0.4 is 5.73 Å². The maximum absolute atomic E-state index is 6.29. The fourth-order valence-corrected chi connectivity index (χ4v) is 2.97. The number of H-pyrrole nitrogens is 1. The van der Waals surface area contributed by atoms with Crippen molar-refractivity contribution in [2.24, 2.45) is 5.73 Å². The van der Waals surface area contributed by atoms with Crippen molar-refractivity contribution >= 4 is 0 Å². The summed E-state index contributed by atoms with van der Waals surface area (Å²) >= 11 is 0. The van der Waals surface area contributed by atoms with Gasteiger partial charge in [-0.25, -0.2) is 0 Å². The summed E-state index contributed by atoms with van der Waals surface area (Å²) in [6.45, 7) is 4.17. The first kappa shape index (κ1) is 11.5. The molecule has 94 valence electrons. The lowest BCUT2D eigenvalue weighted by Crippen LogP contribution is -2.23. The second-order valence-corrected chi connectivity index (χ2v) is 5.36. The Kier molecular flexibility index (Phi) is 2.71. The van der Waals surface area contributed by atoms with E-state index < -0.39 is 0 Å². The van der Waals surface area contributed by atoms with Crippen molar-refractivity contribution in [3.05, 3.63) is 52.3 Å².